The summed E-state index contributed by atoms with van der Waals surface area (Å²) in [4.78, 5) is 25.1. The van der Waals surface area contributed by atoms with Gasteiger partial charge in [-0.2, -0.15) is 0 Å². The zero-order valence-electron chi connectivity index (χ0n) is 16.7. The molecule has 0 spiro atoms. The summed E-state index contributed by atoms with van der Waals surface area (Å²) in [5.41, 5.74) is 5.98. The van der Waals surface area contributed by atoms with E-state index in [1.807, 2.05) is 12.3 Å². The summed E-state index contributed by atoms with van der Waals surface area (Å²) in [6, 6.07) is 10.4. The molecule has 0 bridgehead atoms. The highest BCUT2D eigenvalue weighted by atomic mass is 15.1. The summed E-state index contributed by atoms with van der Waals surface area (Å²) in [6.07, 6.45) is 17.3. The molecule has 1 aliphatic carbocycles. The third-order valence-corrected chi connectivity index (χ3v) is 5.34. The number of fused-ring (bicyclic) bond motifs is 2. The molecule has 4 aromatic heterocycles. The molecule has 0 radical (unpaired) electrons. The van der Waals surface area contributed by atoms with Crippen LogP contribution in [0.15, 0.2) is 55.4 Å². The van der Waals surface area contributed by atoms with E-state index in [9.17, 15) is 0 Å². The lowest BCUT2D eigenvalue weighted by Gasteiger charge is -2.12. The summed E-state index contributed by atoms with van der Waals surface area (Å²) in [7, 11) is 0. The number of pyridine rings is 1. The van der Waals surface area contributed by atoms with Gasteiger partial charge in [-0.1, -0.05) is 12.1 Å². The fraction of sp³-hybridized carbons (Fsp3) is 0.174. The highest BCUT2D eigenvalue weighted by molar-refractivity contribution is 5.84. The van der Waals surface area contributed by atoms with Crippen molar-refractivity contribution in [2.75, 3.05) is 5.32 Å². The second kappa shape index (κ2) is 7.88. The molecule has 0 amide bonds. The molecule has 0 unspecified atom stereocenters. The zero-order chi connectivity index (χ0) is 21.2. The number of H-pyrrole nitrogens is 1. The van der Waals surface area contributed by atoms with E-state index in [4.69, 9.17) is 4.98 Å². The van der Waals surface area contributed by atoms with Crippen LogP contribution in [0.5, 0.6) is 0 Å². The molecule has 1 aliphatic rings. The lowest BCUT2D eigenvalue weighted by atomic mass is 10.1. The largest absolute Gasteiger partial charge is 0.361 e. The zero-order valence-corrected chi connectivity index (χ0v) is 16.7. The maximum atomic E-state index is 4.95. The minimum absolute atomic E-state index is 0.513. The van der Waals surface area contributed by atoms with Gasteiger partial charge in [0.05, 0.1) is 35.8 Å². The summed E-state index contributed by atoms with van der Waals surface area (Å²) in [5, 5.41) is 3.40. The lowest BCUT2D eigenvalue weighted by Crippen LogP contribution is -2.09. The molecule has 0 atom stereocenters. The number of aromatic nitrogens is 7. The number of hydrogen-bond donors (Lipinski definition) is 2. The smallest absolute Gasteiger partial charge is 0.182 e. The minimum atomic E-state index is 0.513. The van der Waals surface area contributed by atoms with E-state index in [2.05, 4.69) is 71.9 Å². The predicted octanol–water partition coefficient (Wildman–Crippen LogP) is 3.83. The van der Waals surface area contributed by atoms with Gasteiger partial charge in [-0.25, -0.2) is 19.9 Å². The van der Waals surface area contributed by atoms with Gasteiger partial charge < -0.3 is 10.3 Å². The van der Waals surface area contributed by atoms with Crippen molar-refractivity contribution in [3.63, 3.8) is 0 Å². The van der Waals surface area contributed by atoms with Crippen LogP contribution in [-0.2, 0) is 6.54 Å². The van der Waals surface area contributed by atoms with Crippen molar-refractivity contribution in [1.82, 2.24) is 34.5 Å². The standard InChI is InChI=1S/C21H18N8.C2H2/c1-4-15(13-6-7-13)19-16(5-1)28-17(29(19)14-3-2-8-22-9-14)10-23-20-18-21(25-11-24-18)27-12-26-20;1-2/h1-5,8-9,11-13H,6-7,10H2,(H2,23,24,25,26,27);1-2H. The minimum Gasteiger partial charge on any atom is -0.361 e. The Labute approximate surface area is 178 Å². The topological polar surface area (TPSA) is 97.2 Å². The van der Waals surface area contributed by atoms with Crippen LogP contribution < -0.4 is 5.32 Å². The molecule has 8 heteroatoms. The number of nitrogens with one attached hydrogen (secondary N) is 2. The average Bonchev–Trinajstić information content (AvgIpc) is 3.43. The molecule has 0 aliphatic heterocycles. The van der Waals surface area contributed by atoms with Crippen LogP contribution in [0.1, 0.15) is 30.1 Å². The Morgan fingerprint density at radius 2 is 2.00 bits per heavy atom. The lowest BCUT2D eigenvalue weighted by molar-refractivity contribution is 0.902. The molecule has 2 N–H and O–H groups in total. The average molecular weight is 408 g/mol. The molecule has 31 heavy (non-hydrogen) atoms. The number of hydrogen-bond acceptors (Lipinski definition) is 6. The molecule has 5 aromatic rings. The molecule has 0 saturated heterocycles. The van der Waals surface area contributed by atoms with Gasteiger partial charge in [-0.05, 0) is 42.5 Å². The number of terminal acetylenes is 1. The maximum Gasteiger partial charge on any atom is 0.182 e. The molecule has 4 heterocycles. The molecule has 1 aromatic carbocycles. The van der Waals surface area contributed by atoms with Crippen molar-refractivity contribution in [3.05, 3.63) is 66.8 Å². The Balaban J connectivity index is 0.000000994. The molecule has 6 rings (SSSR count). The second-order valence-corrected chi connectivity index (χ2v) is 7.24. The van der Waals surface area contributed by atoms with E-state index in [1.54, 1.807) is 12.5 Å². The monoisotopic (exact) mass is 408 g/mol. The van der Waals surface area contributed by atoms with E-state index in [1.165, 1.54) is 30.2 Å². The summed E-state index contributed by atoms with van der Waals surface area (Å²) in [5.74, 6) is 2.24. The number of nitrogens with zero attached hydrogens (tertiary/aromatic N) is 6. The number of para-hydroxylation sites is 1. The predicted molar refractivity (Wildman–Crippen MR) is 120 cm³/mol. The van der Waals surface area contributed by atoms with Crippen molar-refractivity contribution in [3.8, 4) is 18.5 Å². The number of anilines is 1. The second-order valence-electron chi connectivity index (χ2n) is 7.24. The van der Waals surface area contributed by atoms with Gasteiger partial charge in [0.2, 0.25) is 0 Å². The highest BCUT2D eigenvalue weighted by Crippen LogP contribution is 2.43. The van der Waals surface area contributed by atoms with Crippen LogP contribution in [0.25, 0.3) is 27.9 Å². The van der Waals surface area contributed by atoms with Crippen LogP contribution >= 0.6 is 0 Å². The van der Waals surface area contributed by atoms with Gasteiger partial charge in [-0.3, -0.25) is 9.55 Å². The number of aromatic amines is 1. The Morgan fingerprint density at radius 3 is 2.81 bits per heavy atom. The van der Waals surface area contributed by atoms with Gasteiger partial charge in [-0.15, -0.1) is 12.8 Å². The fourth-order valence-corrected chi connectivity index (χ4v) is 3.87. The number of imidazole rings is 2. The molecular weight excluding hydrogens is 388 g/mol. The third kappa shape index (κ3) is 3.36. The fourth-order valence-electron chi connectivity index (χ4n) is 3.87. The first-order valence-corrected chi connectivity index (χ1v) is 10.0. The summed E-state index contributed by atoms with van der Waals surface area (Å²) in [6.45, 7) is 0.513. The van der Waals surface area contributed by atoms with Crippen LogP contribution in [0.4, 0.5) is 5.82 Å². The van der Waals surface area contributed by atoms with E-state index < -0.39 is 0 Å². The Hall–Kier alpha value is -4.25. The van der Waals surface area contributed by atoms with Crippen LogP contribution in [-0.4, -0.2) is 34.5 Å². The maximum absolute atomic E-state index is 4.95. The van der Waals surface area contributed by atoms with Gasteiger partial charge in [0.15, 0.2) is 11.5 Å². The molecule has 8 nitrogen and oxygen atoms in total. The highest BCUT2D eigenvalue weighted by Gasteiger charge is 2.28. The first-order valence-electron chi connectivity index (χ1n) is 10.0. The van der Waals surface area contributed by atoms with E-state index in [0.29, 0.717) is 23.9 Å². The Bertz CT molecular complexity index is 1360. The summed E-state index contributed by atoms with van der Waals surface area (Å²) >= 11 is 0. The molecular formula is C23H20N8. The van der Waals surface area contributed by atoms with E-state index >= 15 is 0 Å². The quantitative estimate of drug-likeness (QED) is 0.429. The normalized spacial score (nSPS) is 13.1. The molecule has 152 valence electrons. The Morgan fingerprint density at radius 1 is 1.10 bits per heavy atom. The summed E-state index contributed by atoms with van der Waals surface area (Å²) < 4.78 is 2.22. The molecule has 1 fully saturated rings. The van der Waals surface area contributed by atoms with Crippen LogP contribution in [0.2, 0.25) is 0 Å². The van der Waals surface area contributed by atoms with Crippen molar-refractivity contribution in [2.45, 2.75) is 25.3 Å². The van der Waals surface area contributed by atoms with Gasteiger partial charge >= 0.3 is 0 Å². The number of benzene rings is 1. The van der Waals surface area contributed by atoms with E-state index in [0.717, 1.165) is 22.5 Å². The Kier molecular flexibility index (Phi) is 4.77. The van der Waals surface area contributed by atoms with E-state index in [-0.39, 0.29) is 0 Å². The molecule has 1 saturated carbocycles. The van der Waals surface area contributed by atoms with Crippen molar-refractivity contribution < 1.29 is 0 Å². The third-order valence-electron chi connectivity index (χ3n) is 5.34. The van der Waals surface area contributed by atoms with Crippen LogP contribution in [0.3, 0.4) is 0 Å². The van der Waals surface area contributed by atoms with Gasteiger partial charge in [0.25, 0.3) is 0 Å². The van der Waals surface area contributed by atoms with Gasteiger partial charge in [0.1, 0.15) is 17.7 Å². The van der Waals surface area contributed by atoms with Crippen molar-refractivity contribution >= 4 is 28.0 Å². The van der Waals surface area contributed by atoms with Crippen LogP contribution in [0, 0.1) is 12.8 Å². The first kappa shape index (κ1) is 18.8. The van der Waals surface area contributed by atoms with Crippen molar-refractivity contribution in [2.24, 2.45) is 0 Å². The first-order chi connectivity index (χ1) is 15.4. The SMILES string of the molecule is C#C.c1cncc(-n2c(CNc3ncnc4nc[nH]c34)nc3cccc(C4CC4)c32)c1. The van der Waals surface area contributed by atoms with Crippen molar-refractivity contribution in [1.29, 1.82) is 0 Å². The van der Waals surface area contributed by atoms with Gasteiger partial charge in [0, 0.05) is 6.20 Å². The number of rotatable bonds is 5.